The van der Waals surface area contributed by atoms with Gasteiger partial charge in [-0.05, 0) is 31.5 Å². The highest BCUT2D eigenvalue weighted by molar-refractivity contribution is 7.18. The maximum absolute atomic E-state index is 13.5. The zero-order chi connectivity index (χ0) is 25.0. The lowest BCUT2D eigenvalue weighted by Gasteiger charge is -2.21. The highest BCUT2D eigenvalue weighted by Gasteiger charge is 2.35. The number of alkyl halides is 3. The summed E-state index contributed by atoms with van der Waals surface area (Å²) in [5, 5.41) is 0.507. The van der Waals surface area contributed by atoms with Crippen LogP contribution < -0.4 is 9.64 Å². The van der Waals surface area contributed by atoms with Gasteiger partial charge in [-0.15, -0.1) is 11.3 Å². The monoisotopic (exact) mass is 489 g/mol. The zero-order valence-electron chi connectivity index (χ0n) is 18.7. The molecular weight excluding hydrogens is 467 g/mol. The number of hydrogen-bond acceptors (Lipinski definition) is 6. The second-order valence-electron chi connectivity index (χ2n) is 7.33. The average molecular weight is 490 g/mol. The number of nitrogens with zero attached hydrogens (tertiary/aromatic N) is 1. The van der Waals surface area contributed by atoms with Gasteiger partial charge in [0.05, 0.1) is 12.7 Å². The molecule has 0 aliphatic rings. The maximum Gasteiger partial charge on any atom is 0.416 e. The first-order valence-electron chi connectivity index (χ1n) is 10.1. The summed E-state index contributed by atoms with van der Waals surface area (Å²) < 4.78 is 51.2. The van der Waals surface area contributed by atoms with Crippen LogP contribution in [-0.2, 0) is 10.9 Å². The summed E-state index contributed by atoms with van der Waals surface area (Å²) in [5.74, 6) is -0.614. The van der Waals surface area contributed by atoms with Gasteiger partial charge in [0.15, 0.2) is 4.88 Å². The molecule has 0 amide bonds. The van der Waals surface area contributed by atoms with Crippen molar-refractivity contribution in [2.45, 2.75) is 26.1 Å². The minimum Gasteiger partial charge on any atom is -0.484 e. The Balaban J connectivity index is 2.05. The minimum atomic E-state index is -4.56. The van der Waals surface area contributed by atoms with Crippen molar-refractivity contribution in [3.63, 3.8) is 0 Å². The van der Waals surface area contributed by atoms with Crippen LogP contribution in [0.1, 0.15) is 49.7 Å². The molecule has 3 rings (SSSR count). The number of aldehydes is 1. The molecule has 3 aromatic rings. The number of ether oxygens (including phenoxy) is 2. The van der Waals surface area contributed by atoms with E-state index in [4.69, 9.17) is 9.47 Å². The second kappa shape index (κ2) is 10.1. The molecule has 0 radical (unpaired) electrons. The molecule has 0 unspecified atom stereocenters. The molecule has 0 N–H and O–H groups in total. The van der Waals surface area contributed by atoms with Crippen LogP contribution in [0.4, 0.5) is 23.9 Å². The van der Waals surface area contributed by atoms with Crippen molar-refractivity contribution >= 4 is 34.3 Å². The number of methoxy groups -OCH3 is 1. The molecule has 1 aromatic heterocycles. The Morgan fingerprint density at radius 2 is 1.88 bits per heavy atom. The van der Waals surface area contributed by atoms with Crippen molar-refractivity contribution in [3.8, 4) is 5.75 Å². The van der Waals surface area contributed by atoms with Crippen LogP contribution in [0.3, 0.4) is 0 Å². The highest BCUT2D eigenvalue weighted by atomic mass is 32.1. The smallest absolute Gasteiger partial charge is 0.416 e. The molecule has 0 spiro atoms. The summed E-state index contributed by atoms with van der Waals surface area (Å²) in [6.07, 6.45) is -3.34. The highest BCUT2D eigenvalue weighted by Crippen LogP contribution is 2.43. The Bertz CT molecular complexity index is 1220. The molecule has 1 heterocycles. The first kappa shape index (κ1) is 25.0. The van der Waals surface area contributed by atoms with Crippen molar-refractivity contribution < 1.29 is 32.2 Å². The lowest BCUT2D eigenvalue weighted by atomic mass is 10.0. The molecule has 34 heavy (non-hydrogen) atoms. The summed E-state index contributed by atoms with van der Waals surface area (Å²) in [4.78, 5) is 25.5. The minimum absolute atomic E-state index is 0.0614. The van der Waals surface area contributed by atoms with Crippen LogP contribution >= 0.6 is 11.3 Å². The summed E-state index contributed by atoms with van der Waals surface area (Å²) in [6, 6.07) is 11.8. The normalized spacial score (nSPS) is 12.1. The summed E-state index contributed by atoms with van der Waals surface area (Å²) in [7, 11) is 1.21. The maximum atomic E-state index is 13.5. The van der Waals surface area contributed by atoms with E-state index in [0.717, 1.165) is 23.0 Å². The third-order valence-electron chi connectivity index (χ3n) is 5.11. The van der Waals surface area contributed by atoms with E-state index < -0.39 is 23.8 Å². The van der Waals surface area contributed by atoms with Gasteiger partial charge in [0.25, 0.3) is 0 Å². The zero-order valence-corrected chi connectivity index (χ0v) is 19.5. The third kappa shape index (κ3) is 5.14. The van der Waals surface area contributed by atoms with E-state index in [2.05, 4.69) is 6.58 Å². The molecule has 0 fully saturated rings. The summed E-state index contributed by atoms with van der Waals surface area (Å²) in [5.41, 5.74) is 1.07. The van der Waals surface area contributed by atoms with Crippen molar-refractivity contribution in [2.75, 3.05) is 12.0 Å². The molecule has 0 saturated heterocycles. The fourth-order valence-electron chi connectivity index (χ4n) is 3.43. The van der Waals surface area contributed by atoms with E-state index in [-0.39, 0.29) is 16.2 Å². The Morgan fingerprint density at radius 3 is 2.50 bits per heavy atom. The van der Waals surface area contributed by atoms with Gasteiger partial charge in [-0.25, -0.2) is 4.79 Å². The standard InChI is InChI=1S/C25H22F3NO4S/c1-5-29(20-12-17(14-30)11-10-15(20)2)22-13-21(23(34-22)24(31)32-4)33-16(3)18-8-6-7-9-19(18)25(26,27)28/h5-14,16H,1H2,2-4H3/t16-/m1/s1. The predicted molar refractivity (Wildman–Crippen MR) is 125 cm³/mol. The number of anilines is 2. The van der Waals surface area contributed by atoms with Crippen LogP contribution in [0.15, 0.2) is 61.3 Å². The summed E-state index contributed by atoms with van der Waals surface area (Å²) >= 11 is 1.03. The molecule has 0 aliphatic heterocycles. The van der Waals surface area contributed by atoms with Crippen LogP contribution in [0.5, 0.6) is 5.75 Å². The SMILES string of the molecule is C=CN(c1cc(O[C@H](C)c2ccccc2C(F)(F)F)c(C(=O)OC)s1)c1cc(C=O)ccc1C. The first-order chi connectivity index (χ1) is 16.1. The Morgan fingerprint density at radius 1 is 1.18 bits per heavy atom. The van der Waals surface area contributed by atoms with Crippen molar-refractivity contribution in [2.24, 2.45) is 0 Å². The lowest BCUT2D eigenvalue weighted by molar-refractivity contribution is -0.139. The van der Waals surface area contributed by atoms with Gasteiger partial charge < -0.3 is 14.4 Å². The van der Waals surface area contributed by atoms with Gasteiger partial charge >= 0.3 is 12.1 Å². The fraction of sp³-hybridized carbons (Fsp3) is 0.200. The van der Waals surface area contributed by atoms with Gasteiger partial charge in [-0.3, -0.25) is 4.79 Å². The number of hydrogen-bond donors (Lipinski definition) is 0. The van der Waals surface area contributed by atoms with Gasteiger partial charge in [-0.1, -0.05) is 36.9 Å². The topological polar surface area (TPSA) is 55.8 Å². The second-order valence-corrected chi connectivity index (χ2v) is 8.36. The van der Waals surface area contributed by atoms with Gasteiger partial charge in [-0.2, -0.15) is 13.2 Å². The number of halogens is 3. The molecule has 0 saturated carbocycles. The molecule has 5 nitrogen and oxygen atoms in total. The third-order valence-corrected chi connectivity index (χ3v) is 6.21. The van der Waals surface area contributed by atoms with E-state index in [1.807, 2.05) is 6.92 Å². The van der Waals surface area contributed by atoms with Crippen LogP contribution in [0.2, 0.25) is 0 Å². The molecule has 0 aliphatic carbocycles. The lowest BCUT2D eigenvalue weighted by Crippen LogP contribution is -2.14. The van der Waals surface area contributed by atoms with Gasteiger partial charge in [0, 0.05) is 29.1 Å². The number of aryl methyl sites for hydroxylation is 1. The Labute approximate surface area is 199 Å². The van der Waals surface area contributed by atoms with Crippen LogP contribution in [0.25, 0.3) is 0 Å². The van der Waals surface area contributed by atoms with E-state index in [0.29, 0.717) is 22.5 Å². The Hall–Kier alpha value is -3.59. The van der Waals surface area contributed by atoms with E-state index in [1.54, 1.807) is 29.2 Å². The molecule has 0 bridgehead atoms. The number of carbonyl (C=O) groups excluding carboxylic acids is 2. The number of rotatable bonds is 8. The largest absolute Gasteiger partial charge is 0.484 e. The Kier molecular flexibility index (Phi) is 7.46. The van der Waals surface area contributed by atoms with Gasteiger partial charge in [0.1, 0.15) is 23.1 Å². The number of benzene rings is 2. The average Bonchev–Trinajstić information content (AvgIpc) is 3.22. The first-order valence-corrected chi connectivity index (χ1v) is 10.9. The molecular formula is C25H22F3NO4S. The molecule has 1 atom stereocenters. The van der Waals surface area contributed by atoms with Crippen molar-refractivity contribution in [3.05, 3.63) is 88.4 Å². The fourth-order valence-corrected chi connectivity index (χ4v) is 4.45. The number of thiophene rings is 1. The molecule has 178 valence electrons. The van der Waals surface area contributed by atoms with Crippen LogP contribution in [-0.4, -0.2) is 19.4 Å². The van der Waals surface area contributed by atoms with E-state index >= 15 is 0 Å². The molecule has 2 aromatic carbocycles. The predicted octanol–water partition coefficient (Wildman–Crippen LogP) is 7.10. The molecule has 9 heteroatoms. The van der Waals surface area contributed by atoms with Crippen molar-refractivity contribution in [1.82, 2.24) is 0 Å². The van der Waals surface area contributed by atoms with Crippen LogP contribution in [0, 0.1) is 6.92 Å². The summed E-state index contributed by atoms with van der Waals surface area (Å²) in [6.45, 7) is 7.15. The van der Waals surface area contributed by atoms with E-state index in [9.17, 15) is 22.8 Å². The van der Waals surface area contributed by atoms with E-state index in [1.165, 1.54) is 38.4 Å². The van der Waals surface area contributed by atoms with Gasteiger partial charge in [0.2, 0.25) is 0 Å². The van der Waals surface area contributed by atoms with Crippen molar-refractivity contribution in [1.29, 1.82) is 0 Å². The quantitative estimate of drug-likeness (QED) is 0.250. The number of esters is 1. The number of carbonyl (C=O) groups is 2.